The zero-order valence-electron chi connectivity index (χ0n) is 13.1. The molecule has 1 saturated heterocycles. The molecule has 126 valence electrons. The molecule has 1 aromatic heterocycles. The van der Waals surface area contributed by atoms with Gasteiger partial charge in [0.25, 0.3) is 0 Å². The molecule has 0 atom stereocenters. The molecule has 3 rings (SSSR count). The molecule has 7 heteroatoms. The predicted octanol–water partition coefficient (Wildman–Crippen LogP) is 2.71. The number of urea groups is 1. The summed E-state index contributed by atoms with van der Waals surface area (Å²) in [5.41, 5.74) is 1.43. The topological polar surface area (TPSA) is 48.5 Å². The van der Waals surface area contributed by atoms with Crippen LogP contribution in [-0.2, 0) is 6.54 Å². The molecule has 1 aromatic carbocycles. The van der Waals surface area contributed by atoms with E-state index < -0.39 is 11.6 Å². The lowest BCUT2D eigenvalue weighted by Crippen LogP contribution is -2.49. The lowest BCUT2D eigenvalue weighted by molar-refractivity contribution is 0.143. The van der Waals surface area contributed by atoms with E-state index in [1.54, 1.807) is 17.3 Å². The number of carbonyl (C=O) groups is 1. The standard InChI is InChI=1S/C17H18F2N4O/c18-15-2-1-14(11-16(15)19)21-17(24)23-9-7-22(8-10-23)12-13-3-5-20-6-4-13/h1-6,11H,7-10,12H2,(H,21,24). The Balaban J connectivity index is 1.50. The molecule has 1 fully saturated rings. The predicted molar refractivity (Wildman–Crippen MR) is 86.5 cm³/mol. The van der Waals surface area contributed by atoms with Crippen LogP contribution < -0.4 is 5.32 Å². The highest BCUT2D eigenvalue weighted by Gasteiger charge is 2.21. The molecule has 0 saturated carbocycles. The van der Waals surface area contributed by atoms with Gasteiger partial charge in [0.05, 0.1) is 0 Å². The first kappa shape index (κ1) is 16.3. The van der Waals surface area contributed by atoms with Crippen molar-refractivity contribution in [3.05, 3.63) is 59.9 Å². The molecular weight excluding hydrogens is 314 g/mol. The second kappa shape index (κ2) is 7.35. The number of nitrogens with one attached hydrogen (secondary N) is 1. The van der Waals surface area contributed by atoms with E-state index in [1.807, 2.05) is 12.1 Å². The van der Waals surface area contributed by atoms with Crippen molar-refractivity contribution >= 4 is 11.7 Å². The van der Waals surface area contributed by atoms with Crippen LogP contribution in [0.5, 0.6) is 0 Å². The summed E-state index contributed by atoms with van der Waals surface area (Å²) >= 11 is 0. The van der Waals surface area contributed by atoms with E-state index in [4.69, 9.17) is 0 Å². The summed E-state index contributed by atoms with van der Waals surface area (Å²) in [5.74, 6) is -1.91. The van der Waals surface area contributed by atoms with E-state index >= 15 is 0 Å². The number of halogens is 2. The van der Waals surface area contributed by atoms with Gasteiger partial charge in [0.15, 0.2) is 11.6 Å². The third kappa shape index (κ3) is 4.05. The van der Waals surface area contributed by atoms with Gasteiger partial charge >= 0.3 is 6.03 Å². The van der Waals surface area contributed by atoms with Crippen LogP contribution in [0.25, 0.3) is 0 Å². The van der Waals surface area contributed by atoms with Crippen molar-refractivity contribution in [3.63, 3.8) is 0 Å². The molecule has 24 heavy (non-hydrogen) atoms. The number of benzene rings is 1. The number of pyridine rings is 1. The fourth-order valence-corrected chi connectivity index (χ4v) is 2.63. The summed E-state index contributed by atoms with van der Waals surface area (Å²) in [6, 6.07) is 6.97. The quantitative estimate of drug-likeness (QED) is 0.940. The van der Waals surface area contributed by atoms with Crippen LogP contribution in [0, 0.1) is 11.6 Å². The van der Waals surface area contributed by atoms with Gasteiger partial charge in [-0.15, -0.1) is 0 Å². The Morgan fingerprint density at radius 1 is 1.04 bits per heavy atom. The van der Waals surface area contributed by atoms with Crippen molar-refractivity contribution in [1.29, 1.82) is 0 Å². The van der Waals surface area contributed by atoms with E-state index in [1.165, 1.54) is 11.6 Å². The highest BCUT2D eigenvalue weighted by molar-refractivity contribution is 5.89. The Morgan fingerprint density at radius 2 is 1.75 bits per heavy atom. The van der Waals surface area contributed by atoms with E-state index in [-0.39, 0.29) is 11.7 Å². The monoisotopic (exact) mass is 332 g/mol. The first-order chi connectivity index (χ1) is 11.6. The lowest BCUT2D eigenvalue weighted by Gasteiger charge is -2.34. The number of rotatable bonds is 3. The van der Waals surface area contributed by atoms with Crippen LogP contribution in [0.1, 0.15) is 5.56 Å². The van der Waals surface area contributed by atoms with Crippen LogP contribution in [-0.4, -0.2) is 47.0 Å². The number of aromatic nitrogens is 1. The highest BCUT2D eigenvalue weighted by Crippen LogP contribution is 2.14. The minimum absolute atomic E-state index is 0.248. The molecule has 2 heterocycles. The molecule has 2 aromatic rings. The zero-order valence-corrected chi connectivity index (χ0v) is 13.1. The Hall–Kier alpha value is -2.54. The fourth-order valence-electron chi connectivity index (χ4n) is 2.63. The van der Waals surface area contributed by atoms with E-state index in [9.17, 15) is 13.6 Å². The van der Waals surface area contributed by atoms with Crippen LogP contribution in [0.4, 0.5) is 19.3 Å². The van der Waals surface area contributed by atoms with Gasteiger partial charge in [-0.3, -0.25) is 9.88 Å². The van der Waals surface area contributed by atoms with Gasteiger partial charge < -0.3 is 10.2 Å². The van der Waals surface area contributed by atoms with Crippen LogP contribution in [0.2, 0.25) is 0 Å². The number of carbonyl (C=O) groups excluding carboxylic acids is 1. The Bertz CT molecular complexity index is 703. The maximum atomic E-state index is 13.2. The van der Waals surface area contributed by atoms with Crippen molar-refractivity contribution in [2.45, 2.75) is 6.54 Å². The van der Waals surface area contributed by atoms with Crippen molar-refractivity contribution in [3.8, 4) is 0 Å². The summed E-state index contributed by atoms with van der Waals surface area (Å²) in [6.07, 6.45) is 3.53. The minimum atomic E-state index is -0.977. The molecular formula is C17H18F2N4O. The van der Waals surface area contributed by atoms with Gasteiger partial charge in [0.1, 0.15) is 0 Å². The highest BCUT2D eigenvalue weighted by atomic mass is 19.2. The summed E-state index contributed by atoms with van der Waals surface area (Å²) in [5, 5.41) is 2.60. The number of hydrogen-bond acceptors (Lipinski definition) is 3. The van der Waals surface area contributed by atoms with Crippen molar-refractivity contribution in [2.75, 3.05) is 31.5 Å². The zero-order chi connectivity index (χ0) is 16.9. The lowest BCUT2D eigenvalue weighted by atomic mass is 10.2. The van der Waals surface area contributed by atoms with E-state index in [0.29, 0.717) is 13.1 Å². The minimum Gasteiger partial charge on any atom is -0.322 e. The normalized spacial score (nSPS) is 15.3. The van der Waals surface area contributed by atoms with Gasteiger partial charge in [0.2, 0.25) is 0 Å². The largest absolute Gasteiger partial charge is 0.322 e. The number of amides is 2. The van der Waals surface area contributed by atoms with Crippen molar-refractivity contribution < 1.29 is 13.6 Å². The average molecular weight is 332 g/mol. The molecule has 0 bridgehead atoms. The molecule has 2 amide bonds. The maximum Gasteiger partial charge on any atom is 0.321 e. The summed E-state index contributed by atoms with van der Waals surface area (Å²) in [7, 11) is 0. The third-order valence-corrected chi connectivity index (χ3v) is 3.99. The molecule has 1 N–H and O–H groups in total. The Morgan fingerprint density at radius 3 is 2.42 bits per heavy atom. The fraction of sp³-hybridized carbons (Fsp3) is 0.294. The second-order valence-electron chi connectivity index (χ2n) is 5.68. The third-order valence-electron chi connectivity index (χ3n) is 3.99. The summed E-state index contributed by atoms with van der Waals surface area (Å²) < 4.78 is 26.1. The molecule has 1 aliphatic rings. The van der Waals surface area contributed by atoms with E-state index in [2.05, 4.69) is 15.2 Å². The molecule has 0 unspecified atom stereocenters. The van der Waals surface area contributed by atoms with Crippen molar-refractivity contribution in [2.24, 2.45) is 0 Å². The molecule has 5 nitrogen and oxygen atoms in total. The summed E-state index contributed by atoms with van der Waals surface area (Å²) in [6.45, 7) is 3.50. The molecule has 0 spiro atoms. The average Bonchev–Trinajstić information content (AvgIpc) is 2.60. The summed E-state index contributed by atoms with van der Waals surface area (Å²) in [4.78, 5) is 20.1. The van der Waals surface area contributed by atoms with Gasteiger partial charge in [-0.2, -0.15) is 0 Å². The Labute approximate surface area is 138 Å². The number of hydrogen-bond donors (Lipinski definition) is 1. The van der Waals surface area contributed by atoms with Gasteiger partial charge in [-0.1, -0.05) is 0 Å². The van der Waals surface area contributed by atoms with Gasteiger partial charge in [0, 0.05) is 56.9 Å². The molecule has 0 aliphatic carbocycles. The van der Waals surface area contributed by atoms with Crippen LogP contribution >= 0.6 is 0 Å². The number of nitrogens with zero attached hydrogens (tertiary/aromatic N) is 3. The van der Waals surface area contributed by atoms with Crippen molar-refractivity contribution in [1.82, 2.24) is 14.8 Å². The maximum absolute atomic E-state index is 13.2. The van der Waals surface area contributed by atoms with Crippen LogP contribution in [0.3, 0.4) is 0 Å². The number of piperazine rings is 1. The number of anilines is 1. The smallest absolute Gasteiger partial charge is 0.321 e. The van der Waals surface area contributed by atoms with Gasteiger partial charge in [-0.05, 0) is 29.8 Å². The second-order valence-corrected chi connectivity index (χ2v) is 5.68. The van der Waals surface area contributed by atoms with Crippen LogP contribution in [0.15, 0.2) is 42.7 Å². The molecule has 0 radical (unpaired) electrons. The van der Waals surface area contributed by atoms with E-state index in [0.717, 1.165) is 31.8 Å². The van der Waals surface area contributed by atoms with Gasteiger partial charge in [-0.25, -0.2) is 13.6 Å². The molecule has 1 aliphatic heterocycles. The Kier molecular flexibility index (Phi) is 5.00. The SMILES string of the molecule is O=C(Nc1ccc(F)c(F)c1)N1CCN(Cc2ccncc2)CC1. The first-order valence-corrected chi connectivity index (χ1v) is 7.74. The first-order valence-electron chi connectivity index (χ1n) is 7.74.